The molecule has 0 unspecified atom stereocenters. The van der Waals surface area contributed by atoms with E-state index in [-0.39, 0.29) is 10.7 Å². The smallest absolute Gasteiger partial charge is 0.251 e. The second-order valence-electron chi connectivity index (χ2n) is 4.39. The topological polar surface area (TPSA) is 42.0 Å². The second kappa shape index (κ2) is 4.86. The van der Waals surface area contributed by atoms with Gasteiger partial charge in [-0.15, -0.1) is 0 Å². The number of carbonyl (C=O) groups is 1. The van der Waals surface area contributed by atoms with Gasteiger partial charge in [-0.3, -0.25) is 4.79 Å². The highest BCUT2D eigenvalue weighted by Crippen LogP contribution is 2.46. The maximum Gasteiger partial charge on any atom is 0.251 e. The first-order valence-electron chi connectivity index (χ1n) is 5.52. The van der Waals surface area contributed by atoms with Crippen molar-refractivity contribution < 1.29 is 4.79 Å². The van der Waals surface area contributed by atoms with E-state index in [1.165, 1.54) is 12.8 Å². The van der Waals surface area contributed by atoms with E-state index in [2.05, 4.69) is 16.6 Å². The normalized spacial score (nSPS) is 16.6. The number of amides is 1. The fourth-order valence-electron chi connectivity index (χ4n) is 1.70. The quantitative estimate of drug-likeness (QED) is 0.856. The van der Waals surface area contributed by atoms with Crippen molar-refractivity contribution in [1.29, 1.82) is 0 Å². The number of nitrogens with zero attached hydrogens (tertiary/aromatic N) is 1. The molecule has 1 aromatic heterocycles. The molecule has 0 saturated heterocycles. The predicted octanol–water partition coefficient (Wildman–Crippen LogP) is 2.67. The zero-order valence-electron chi connectivity index (χ0n) is 9.92. The molecule has 1 aliphatic rings. The highest BCUT2D eigenvalue weighted by atomic mass is 35.5. The van der Waals surface area contributed by atoms with E-state index < -0.39 is 0 Å². The molecule has 1 aliphatic carbocycles. The fourth-order valence-corrected chi connectivity index (χ4v) is 2.67. The molecule has 3 nitrogen and oxygen atoms in total. The minimum absolute atomic E-state index is 0.0716. The summed E-state index contributed by atoms with van der Waals surface area (Å²) in [5.41, 5.74) is 1.34. The van der Waals surface area contributed by atoms with Gasteiger partial charge < -0.3 is 5.32 Å². The van der Waals surface area contributed by atoms with E-state index in [0.29, 0.717) is 10.7 Å². The van der Waals surface area contributed by atoms with Crippen LogP contribution in [0.25, 0.3) is 0 Å². The van der Waals surface area contributed by atoms with Gasteiger partial charge in [-0.1, -0.05) is 11.6 Å². The molecule has 92 valence electrons. The Morgan fingerprint density at radius 1 is 1.59 bits per heavy atom. The molecule has 1 heterocycles. The standard InChI is InChI=1S/C12H15ClN2OS/c1-8-5-9(6-10(13)15-8)11(16)14-7-12(17-2)3-4-12/h5-6H,3-4,7H2,1-2H3,(H,14,16). The van der Waals surface area contributed by atoms with Crippen molar-refractivity contribution in [3.63, 3.8) is 0 Å². The summed E-state index contributed by atoms with van der Waals surface area (Å²) >= 11 is 7.66. The van der Waals surface area contributed by atoms with Crippen LogP contribution in [-0.4, -0.2) is 28.4 Å². The number of hydrogen-bond donors (Lipinski definition) is 1. The summed E-state index contributed by atoms with van der Waals surface area (Å²) in [4.78, 5) is 16.0. The number of rotatable bonds is 4. The van der Waals surface area contributed by atoms with Gasteiger partial charge in [0, 0.05) is 22.5 Å². The Bertz CT molecular complexity index is 426. The average molecular weight is 271 g/mol. The Hall–Kier alpha value is -0.740. The number of halogens is 1. The first kappa shape index (κ1) is 12.7. The zero-order valence-corrected chi connectivity index (χ0v) is 11.5. The molecule has 1 aromatic rings. The number of thioether (sulfide) groups is 1. The molecule has 0 aromatic carbocycles. The van der Waals surface area contributed by atoms with Gasteiger partial charge in [0.1, 0.15) is 5.15 Å². The summed E-state index contributed by atoms with van der Waals surface area (Å²) in [5.74, 6) is -0.0716. The van der Waals surface area contributed by atoms with Crippen LogP contribution in [0.4, 0.5) is 0 Å². The van der Waals surface area contributed by atoms with E-state index in [9.17, 15) is 4.79 Å². The summed E-state index contributed by atoms with van der Waals surface area (Å²) in [5, 5.41) is 3.32. The third kappa shape index (κ3) is 3.13. The monoisotopic (exact) mass is 270 g/mol. The number of hydrogen-bond acceptors (Lipinski definition) is 3. The maximum absolute atomic E-state index is 11.9. The minimum Gasteiger partial charge on any atom is -0.351 e. The number of aromatic nitrogens is 1. The maximum atomic E-state index is 11.9. The van der Waals surface area contributed by atoms with Crippen molar-refractivity contribution in [2.45, 2.75) is 24.5 Å². The Morgan fingerprint density at radius 3 is 2.82 bits per heavy atom. The Morgan fingerprint density at radius 2 is 2.29 bits per heavy atom. The van der Waals surface area contributed by atoms with Gasteiger partial charge in [0.25, 0.3) is 5.91 Å². The summed E-state index contributed by atoms with van der Waals surface area (Å²) < 4.78 is 0.279. The van der Waals surface area contributed by atoms with Gasteiger partial charge in [0.15, 0.2) is 0 Å². The van der Waals surface area contributed by atoms with Crippen LogP contribution in [0.2, 0.25) is 5.15 Å². The van der Waals surface area contributed by atoms with Crippen LogP contribution in [0.5, 0.6) is 0 Å². The number of pyridine rings is 1. The van der Waals surface area contributed by atoms with Gasteiger partial charge in [0.05, 0.1) is 0 Å². The SMILES string of the molecule is CSC1(CNC(=O)c2cc(C)nc(Cl)c2)CC1. The van der Waals surface area contributed by atoms with E-state index >= 15 is 0 Å². The summed E-state index contributed by atoms with van der Waals surface area (Å²) in [6.45, 7) is 2.55. The molecule has 2 rings (SSSR count). The Labute approximate surface area is 110 Å². The molecule has 1 amide bonds. The molecule has 1 N–H and O–H groups in total. The molecular weight excluding hydrogens is 256 g/mol. The van der Waals surface area contributed by atoms with Gasteiger partial charge >= 0.3 is 0 Å². The van der Waals surface area contributed by atoms with Gasteiger partial charge in [-0.25, -0.2) is 4.98 Å². The fraction of sp³-hybridized carbons (Fsp3) is 0.500. The highest BCUT2D eigenvalue weighted by Gasteiger charge is 2.41. The lowest BCUT2D eigenvalue weighted by Crippen LogP contribution is -2.31. The van der Waals surface area contributed by atoms with Crippen molar-refractivity contribution >= 4 is 29.3 Å². The van der Waals surface area contributed by atoms with Crippen LogP contribution in [0, 0.1) is 6.92 Å². The van der Waals surface area contributed by atoms with E-state index in [1.807, 2.05) is 18.7 Å². The molecule has 17 heavy (non-hydrogen) atoms. The first-order chi connectivity index (χ1) is 8.04. The van der Waals surface area contributed by atoms with Crippen molar-refractivity contribution in [3.05, 3.63) is 28.5 Å². The number of aryl methyl sites for hydroxylation is 1. The third-order valence-corrected chi connectivity index (χ3v) is 4.61. The lowest BCUT2D eigenvalue weighted by Gasteiger charge is -2.13. The van der Waals surface area contributed by atoms with E-state index in [1.54, 1.807) is 12.1 Å². The molecule has 0 aliphatic heterocycles. The third-order valence-electron chi connectivity index (χ3n) is 3.00. The van der Waals surface area contributed by atoms with Crippen LogP contribution < -0.4 is 5.32 Å². The van der Waals surface area contributed by atoms with Crippen molar-refractivity contribution in [3.8, 4) is 0 Å². The number of nitrogens with one attached hydrogen (secondary N) is 1. The zero-order chi connectivity index (χ0) is 12.5. The molecule has 5 heteroatoms. The van der Waals surface area contributed by atoms with Gasteiger partial charge in [0.2, 0.25) is 0 Å². The lowest BCUT2D eigenvalue weighted by molar-refractivity contribution is 0.0953. The molecule has 0 bridgehead atoms. The summed E-state index contributed by atoms with van der Waals surface area (Å²) in [6.07, 6.45) is 4.46. The second-order valence-corrected chi connectivity index (χ2v) is 6.05. The average Bonchev–Trinajstić information content (AvgIpc) is 3.05. The molecule has 0 atom stereocenters. The van der Waals surface area contributed by atoms with Crippen LogP contribution in [0.15, 0.2) is 12.1 Å². The molecule has 1 fully saturated rings. The Kier molecular flexibility index (Phi) is 3.64. The van der Waals surface area contributed by atoms with Crippen molar-refractivity contribution in [2.24, 2.45) is 0 Å². The van der Waals surface area contributed by atoms with Crippen molar-refractivity contribution in [2.75, 3.05) is 12.8 Å². The van der Waals surface area contributed by atoms with Crippen LogP contribution in [0.3, 0.4) is 0 Å². The highest BCUT2D eigenvalue weighted by molar-refractivity contribution is 8.00. The number of carbonyl (C=O) groups excluding carboxylic acids is 1. The Balaban J connectivity index is 1.99. The van der Waals surface area contributed by atoms with Gasteiger partial charge in [-0.05, 0) is 38.2 Å². The summed E-state index contributed by atoms with van der Waals surface area (Å²) in [6, 6.07) is 3.35. The lowest BCUT2D eigenvalue weighted by atomic mass is 10.2. The van der Waals surface area contributed by atoms with Crippen molar-refractivity contribution in [1.82, 2.24) is 10.3 Å². The van der Waals surface area contributed by atoms with E-state index in [4.69, 9.17) is 11.6 Å². The largest absolute Gasteiger partial charge is 0.351 e. The predicted molar refractivity (Wildman–Crippen MR) is 71.8 cm³/mol. The van der Waals surface area contributed by atoms with E-state index in [0.717, 1.165) is 12.2 Å². The molecule has 0 spiro atoms. The molecular formula is C12H15ClN2OS. The molecule has 1 saturated carbocycles. The first-order valence-corrected chi connectivity index (χ1v) is 7.12. The van der Waals surface area contributed by atoms with Gasteiger partial charge in [-0.2, -0.15) is 11.8 Å². The van der Waals surface area contributed by atoms with Crippen LogP contribution in [-0.2, 0) is 0 Å². The minimum atomic E-state index is -0.0716. The molecule has 0 radical (unpaired) electrons. The van der Waals surface area contributed by atoms with Crippen LogP contribution >= 0.6 is 23.4 Å². The summed E-state index contributed by atoms with van der Waals surface area (Å²) in [7, 11) is 0. The van der Waals surface area contributed by atoms with Crippen LogP contribution in [0.1, 0.15) is 28.9 Å².